The second-order valence-corrected chi connectivity index (χ2v) is 5.37. The topological polar surface area (TPSA) is 107 Å². The van der Waals surface area contributed by atoms with Crippen molar-refractivity contribution in [3.8, 4) is 11.4 Å². The van der Waals surface area contributed by atoms with Gasteiger partial charge in [0, 0.05) is 11.1 Å². The fraction of sp³-hybridized carbons (Fsp3) is 0.267. The number of amides is 1. The normalized spacial score (nSPS) is 12.8. The Bertz CT molecular complexity index is 917. The molecule has 1 atom stereocenters. The summed E-state index contributed by atoms with van der Waals surface area (Å²) in [4.78, 5) is 19.5. The molecule has 0 saturated heterocycles. The Hall–Kier alpha value is -3.24. The van der Waals surface area contributed by atoms with Crippen molar-refractivity contribution in [1.82, 2.24) is 25.6 Å². The summed E-state index contributed by atoms with van der Waals surface area (Å²) in [6, 6.07) is 5.19. The maximum Gasteiger partial charge on any atom is 0.471 e. The van der Waals surface area contributed by atoms with Crippen LogP contribution in [-0.2, 0) is 6.18 Å². The van der Waals surface area contributed by atoms with E-state index in [4.69, 9.17) is 4.52 Å². The summed E-state index contributed by atoms with van der Waals surface area (Å²) in [5.41, 5.74) is 0.567. The van der Waals surface area contributed by atoms with Gasteiger partial charge in [0.1, 0.15) is 6.04 Å². The van der Waals surface area contributed by atoms with Crippen LogP contribution in [0.25, 0.3) is 11.4 Å². The largest absolute Gasteiger partial charge is 0.471 e. The third-order valence-electron chi connectivity index (χ3n) is 3.34. The minimum Gasteiger partial charge on any atom is -0.341 e. The zero-order chi connectivity index (χ0) is 18.9. The third kappa shape index (κ3) is 3.71. The highest BCUT2D eigenvalue weighted by atomic mass is 19.4. The molecule has 0 radical (unpaired) electrons. The molecule has 0 aliphatic carbocycles. The van der Waals surface area contributed by atoms with E-state index >= 15 is 0 Å². The fourth-order valence-corrected chi connectivity index (χ4v) is 2.06. The number of benzene rings is 1. The van der Waals surface area contributed by atoms with Crippen molar-refractivity contribution in [1.29, 1.82) is 0 Å². The van der Waals surface area contributed by atoms with Gasteiger partial charge in [-0.25, -0.2) is 0 Å². The van der Waals surface area contributed by atoms with Crippen LogP contribution in [0.5, 0.6) is 0 Å². The molecule has 0 aliphatic heterocycles. The zero-order valence-corrected chi connectivity index (χ0v) is 13.5. The van der Waals surface area contributed by atoms with Crippen LogP contribution in [0.2, 0.25) is 0 Å². The summed E-state index contributed by atoms with van der Waals surface area (Å²) in [5, 5.41) is 9.60. The predicted octanol–water partition coefficient (Wildman–Crippen LogP) is 2.94. The van der Waals surface area contributed by atoms with Gasteiger partial charge in [-0.2, -0.15) is 23.1 Å². The van der Waals surface area contributed by atoms with Gasteiger partial charge >= 0.3 is 12.1 Å². The van der Waals surface area contributed by atoms with Crippen molar-refractivity contribution in [2.75, 3.05) is 0 Å². The number of hydrogen-bond donors (Lipinski definition) is 1. The zero-order valence-electron chi connectivity index (χ0n) is 13.5. The fourth-order valence-electron chi connectivity index (χ4n) is 2.06. The van der Waals surface area contributed by atoms with Crippen molar-refractivity contribution in [2.24, 2.45) is 0 Å². The number of halogens is 3. The molecule has 0 unspecified atom stereocenters. The Balaban J connectivity index is 1.71. The molecule has 136 valence electrons. The van der Waals surface area contributed by atoms with Gasteiger partial charge in [-0.3, -0.25) is 4.79 Å². The van der Waals surface area contributed by atoms with Gasteiger partial charge in [0.15, 0.2) is 5.82 Å². The molecule has 8 nitrogen and oxygen atoms in total. The molecule has 0 saturated carbocycles. The Morgan fingerprint density at radius 2 is 1.81 bits per heavy atom. The number of carbonyl (C=O) groups excluding carboxylic acids is 1. The van der Waals surface area contributed by atoms with Crippen molar-refractivity contribution in [3.63, 3.8) is 0 Å². The average Bonchev–Trinajstić information content (AvgIpc) is 3.23. The van der Waals surface area contributed by atoms with Crippen LogP contribution in [0.1, 0.15) is 40.9 Å². The number of nitrogens with zero attached hydrogens (tertiary/aromatic N) is 4. The quantitative estimate of drug-likeness (QED) is 0.755. The molecule has 1 amide bonds. The number of carbonyl (C=O) groups is 1. The standard InChI is InChI=1S/C15H12F3N5O3/c1-7(13-20-8(2)22-25-13)19-12(24)10-5-3-9(4-6-10)11-21-14(26-23-11)15(16,17)18/h3-7H,1-2H3,(H,19,24)/t7-/m1/s1. The first-order chi connectivity index (χ1) is 12.2. The molecule has 3 rings (SSSR count). The van der Waals surface area contributed by atoms with E-state index in [2.05, 4.69) is 30.1 Å². The summed E-state index contributed by atoms with van der Waals surface area (Å²) in [7, 11) is 0. The summed E-state index contributed by atoms with van der Waals surface area (Å²) in [5.74, 6) is -1.36. The van der Waals surface area contributed by atoms with E-state index in [0.29, 0.717) is 5.82 Å². The predicted molar refractivity (Wildman–Crippen MR) is 79.7 cm³/mol. The molecule has 2 aromatic heterocycles. The SMILES string of the molecule is Cc1noc([C@@H](C)NC(=O)c2ccc(-c3noc(C(F)(F)F)n3)cc2)n1. The van der Waals surface area contributed by atoms with Crippen LogP contribution in [0.4, 0.5) is 13.2 Å². The van der Waals surface area contributed by atoms with E-state index in [1.807, 2.05) is 0 Å². The van der Waals surface area contributed by atoms with Crippen LogP contribution in [-0.4, -0.2) is 26.2 Å². The Morgan fingerprint density at radius 3 is 2.35 bits per heavy atom. The lowest BCUT2D eigenvalue weighted by Gasteiger charge is -2.09. The molecule has 11 heteroatoms. The number of nitrogens with one attached hydrogen (secondary N) is 1. The van der Waals surface area contributed by atoms with Gasteiger partial charge in [-0.1, -0.05) is 22.4 Å². The highest BCUT2D eigenvalue weighted by Gasteiger charge is 2.38. The molecular weight excluding hydrogens is 355 g/mol. The number of aromatic nitrogens is 4. The van der Waals surface area contributed by atoms with E-state index in [-0.39, 0.29) is 22.8 Å². The molecule has 2 heterocycles. The highest BCUT2D eigenvalue weighted by Crippen LogP contribution is 2.29. The van der Waals surface area contributed by atoms with Crippen LogP contribution < -0.4 is 5.32 Å². The molecule has 0 fully saturated rings. The molecule has 0 aliphatic rings. The van der Waals surface area contributed by atoms with E-state index in [1.165, 1.54) is 24.3 Å². The second-order valence-electron chi connectivity index (χ2n) is 5.37. The maximum absolute atomic E-state index is 12.5. The molecule has 0 spiro atoms. The van der Waals surface area contributed by atoms with E-state index in [0.717, 1.165) is 0 Å². The minimum atomic E-state index is -4.71. The maximum atomic E-state index is 12.5. The van der Waals surface area contributed by atoms with Crippen LogP contribution in [0.3, 0.4) is 0 Å². The average molecular weight is 367 g/mol. The summed E-state index contributed by atoms with van der Waals surface area (Å²) < 4.78 is 46.6. The molecular formula is C15H12F3N5O3. The number of aryl methyl sites for hydroxylation is 1. The molecule has 3 aromatic rings. The first kappa shape index (κ1) is 17.6. The van der Waals surface area contributed by atoms with Crippen LogP contribution in [0, 0.1) is 6.92 Å². The lowest BCUT2D eigenvalue weighted by atomic mass is 10.1. The van der Waals surface area contributed by atoms with Gasteiger partial charge in [-0.05, 0) is 26.0 Å². The Labute approximate surface area is 144 Å². The number of alkyl halides is 3. The highest BCUT2D eigenvalue weighted by molar-refractivity contribution is 5.94. The van der Waals surface area contributed by atoms with Crippen molar-refractivity contribution in [3.05, 3.63) is 47.4 Å². The molecule has 1 aromatic carbocycles. The van der Waals surface area contributed by atoms with E-state index in [9.17, 15) is 18.0 Å². The van der Waals surface area contributed by atoms with Crippen molar-refractivity contribution < 1.29 is 27.0 Å². The van der Waals surface area contributed by atoms with Gasteiger partial charge in [0.2, 0.25) is 11.7 Å². The van der Waals surface area contributed by atoms with Gasteiger partial charge < -0.3 is 14.4 Å². The lowest BCUT2D eigenvalue weighted by Crippen LogP contribution is -2.26. The van der Waals surface area contributed by atoms with E-state index < -0.39 is 24.0 Å². The van der Waals surface area contributed by atoms with Crippen LogP contribution >= 0.6 is 0 Å². The minimum absolute atomic E-state index is 0.223. The first-order valence-corrected chi connectivity index (χ1v) is 7.36. The van der Waals surface area contributed by atoms with Crippen molar-refractivity contribution in [2.45, 2.75) is 26.1 Å². The van der Waals surface area contributed by atoms with Gasteiger partial charge in [-0.15, -0.1) is 0 Å². The number of rotatable bonds is 4. The summed E-state index contributed by atoms with van der Waals surface area (Å²) >= 11 is 0. The Morgan fingerprint density at radius 1 is 1.12 bits per heavy atom. The van der Waals surface area contributed by atoms with Gasteiger partial charge in [0.25, 0.3) is 5.91 Å². The second kappa shape index (κ2) is 6.58. The van der Waals surface area contributed by atoms with Crippen molar-refractivity contribution >= 4 is 5.91 Å². The van der Waals surface area contributed by atoms with Crippen LogP contribution in [0.15, 0.2) is 33.3 Å². The summed E-state index contributed by atoms with van der Waals surface area (Å²) in [6.07, 6.45) is -4.71. The lowest BCUT2D eigenvalue weighted by molar-refractivity contribution is -0.159. The number of hydrogen-bond acceptors (Lipinski definition) is 7. The Kier molecular flexibility index (Phi) is 4.45. The summed E-state index contributed by atoms with van der Waals surface area (Å²) in [6.45, 7) is 3.33. The first-order valence-electron chi connectivity index (χ1n) is 7.36. The van der Waals surface area contributed by atoms with E-state index in [1.54, 1.807) is 13.8 Å². The third-order valence-corrected chi connectivity index (χ3v) is 3.34. The molecule has 0 bridgehead atoms. The van der Waals surface area contributed by atoms with Gasteiger partial charge in [0.05, 0.1) is 0 Å². The molecule has 1 N–H and O–H groups in total. The molecule has 26 heavy (non-hydrogen) atoms. The monoisotopic (exact) mass is 367 g/mol. The smallest absolute Gasteiger partial charge is 0.341 e.